The molecule has 0 saturated carbocycles. The SMILES string of the molecule is Cc1cn2c(CNCC(C)C(C)(C)C)c(C)nc2s1. The van der Waals surface area contributed by atoms with Gasteiger partial charge in [0.2, 0.25) is 0 Å². The molecule has 2 rings (SSSR count). The van der Waals surface area contributed by atoms with Gasteiger partial charge in [0, 0.05) is 17.6 Å². The van der Waals surface area contributed by atoms with Gasteiger partial charge in [-0.15, -0.1) is 11.3 Å². The zero-order chi connectivity index (χ0) is 14.2. The molecule has 1 unspecified atom stereocenters. The molecule has 0 aliphatic rings. The second kappa shape index (κ2) is 5.25. The highest BCUT2D eigenvalue weighted by molar-refractivity contribution is 7.17. The summed E-state index contributed by atoms with van der Waals surface area (Å²) < 4.78 is 2.23. The molecule has 0 fully saturated rings. The number of imidazole rings is 1. The quantitative estimate of drug-likeness (QED) is 0.922. The molecule has 0 aliphatic carbocycles. The van der Waals surface area contributed by atoms with Crippen molar-refractivity contribution in [2.24, 2.45) is 11.3 Å². The Morgan fingerprint density at radius 3 is 2.68 bits per heavy atom. The molecular formula is C15H25N3S. The van der Waals surface area contributed by atoms with Crippen molar-refractivity contribution in [3.63, 3.8) is 0 Å². The number of hydrogen-bond donors (Lipinski definition) is 1. The van der Waals surface area contributed by atoms with E-state index in [4.69, 9.17) is 0 Å². The molecule has 2 aromatic rings. The van der Waals surface area contributed by atoms with Crippen molar-refractivity contribution in [3.8, 4) is 0 Å². The molecule has 2 heterocycles. The Bertz CT molecular complexity index is 560. The summed E-state index contributed by atoms with van der Waals surface area (Å²) >= 11 is 1.76. The first-order valence-electron chi connectivity index (χ1n) is 6.93. The minimum absolute atomic E-state index is 0.355. The third kappa shape index (κ3) is 3.18. The van der Waals surface area contributed by atoms with Gasteiger partial charge in [-0.25, -0.2) is 4.98 Å². The zero-order valence-electron chi connectivity index (χ0n) is 12.9. The maximum atomic E-state index is 4.62. The number of aromatic nitrogens is 2. The van der Waals surface area contributed by atoms with Crippen LogP contribution < -0.4 is 5.32 Å². The van der Waals surface area contributed by atoms with Gasteiger partial charge in [0.05, 0.1) is 11.4 Å². The monoisotopic (exact) mass is 279 g/mol. The summed E-state index contributed by atoms with van der Waals surface area (Å²) in [6.45, 7) is 15.4. The van der Waals surface area contributed by atoms with Crippen LogP contribution in [0.1, 0.15) is 44.0 Å². The minimum Gasteiger partial charge on any atom is -0.311 e. The summed E-state index contributed by atoms with van der Waals surface area (Å²) in [7, 11) is 0. The van der Waals surface area contributed by atoms with Crippen molar-refractivity contribution in [1.29, 1.82) is 0 Å². The van der Waals surface area contributed by atoms with E-state index in [1.165, 1.54) is 10.6 Å². The smallest absolute Gasteiger partial charge is 0.194 e. The van der Waals surface area contributed by atoms with Gasteiger partial charge >= 0.3 is 0 Å². The van der Waals surface area contributed by atoms with Crippen molar-refractivity contribution < 1.29 is 0 Å². The van der Waals surface area contributed by atoms with E-state index < -0.39 is 0 Å². The maximum Gasteiger partial charge on any atom is 0.194 e. The number of thiazole rings is 1. The third-order valence-electron chi connectivity index (χ3n) is 3.96. The average molecular weight is 279 g/mol. The van der Waals surface area contributed by atoms with Crippen molar-refractivity contribution in [3.05, 3.63) is 22.5 Å². The molecular weight excluding hydrogens is 254 g/mol. The number of nitrogens with one attached hydrogen (secondary N) is 1. The normalized spacial score (nSPS) is 14.2. The van der Waals surface area contributed by atoms with Crippen LogP contribution in [0.5, 0.6) is 0 Å². The molecule has 3 nitrogen and oxygen atoms in total. The highest BCUT2D eigenvalue weighted by atomic mass is 32.1. The molecule has 1 N–H and O–H groups in total. The van der Waals surface area contributed by atoms with E-state index in [9.17, 15) is 0 Å². The van der Waals surface area contributed by atoms with E-state index in [1.807, 2.05) is 0 Å². The lowest BCUT2D eigenvalue weighted by Crippen LogP contribution is -2.29. The molecule has 0 aromatic carbocycles. The Morgan fingerprint density at radius 1 is 1.37 bits per heavy atom. The Morgan fingerprint density at radius 2 is 2.05 bits per heavy atom. The molecule has 1 atom stereocenters. The van der Waals surface area contributed by atoms with Crippen LogP contribution in [0.4, 0.5) is 0 Å². The lowest BCUT2D eigenvalue weighted by atomic mass is 9.82. The zero-order valence-corrected chi connectivity index (χ0v) is 13.7. The molecule has 0 aliphatic heterocycles. The van der Waals surface area contributed by atoms with Crippen LogP contribution in [0.15, 0.2) is 6.20 Å². The lowest BCUT2D eigenvalue weighted by molar-refractivity contribution is 0.252. The van der Waals surface area contributed by atoms with Crippen LogP contribution >= 0.6 is 11.3 Å². The van der Waals surface area contributed by atoms with Crippen molar-refractivity contribution >= 4 is 16.3 Å². The fraction of sp³-hybridized carbons (Fsp3) is 0.667. The topological polar surface area (TPSA) is 29.3 Å². The highest BCUT2D eigenvalue weighted by Crippen LogP contribution is 2.25. The van der Waals surface area contributed by atoms with Gasteiger partial charge in [0.25, 0.3) is 0 Å². The summed E-state index contributed by atoms with van der Waals surface area (Å²) in [4.78, 5) is 7.04. The van der Waals surface area contributed by atoms with E-state index >= 15 is 0 Å². The molecule has 0 bridgehead atoms. The maximum absolute atomic E-state index is 4.62. The van der Waals surface area contributed by atoms with Crippen LogP contribution in [0.2, 0.25) is 0 Å². The molecule has 0 saturated heterocycles. The highest BCUT2D eigenvalue weighted by Gasteiger charge is 2.19. The molecule has 0 spiro atoms. The molecule has 106 valence electrons. The van der Waals surface area contributed by atoms with Gasteiger partial charge in [0.1, 0.15) is 0 Å². The Balaban J connectivity index is 2.03. The first-order valence-corrected chi connectivity index (χ1v) is 7.75. The molecule has 19 heavy (non-hydrogen) atoms. The second-order valence-electron chi connectivity index (χ2n) is 6.54. The van der Waals surface area contributed by atoms with E-state index in [1.54, 1.807) is 11.3 Å². The second-order valence-corrected chi connectivity index (χ2v) is 7.75. The van der Waals surface area contributed by atoms with Crippen LogP contribution in [-0.2, 0) is 6.54 Å². The van der Waals surface area contributed by atoms with E-state index in [0.29, 0.717) is 11.3 Å². The van der Waals surface area contributed by atoms with Gasteiger partial charge < -0.3 is 5.32 Å². The van der Waals surface area contributed by atoms with Crippen LogP contribution in [0.3, 0.4) is 0 Å². The average Bonchev–Trinajstić information content (AvgIpc) is 2.74. The fourth-order valence-corrected chi connectivity index (χ4v) is 2.93. The number of aryl methyl sites for hydroxylation is 2. The molecule has 2 aromatic heterocycles. The Labute approximate surface area is 120 Å². The van der Waals surface area contributed by atoms with Gasteiger partial charge in [-0.2, -0.15) is 0 Å². The summed E-state index contributed by atoms with van der Waals surface area (Å²) in [6, 6.07) is 0. The molecule has 4 heteroatoms. The van der Waals surface area contributed by atoms with Crippen molar-refractivity contribution in [2.75, 3.05) is 6.54 Å². The number of fused-ring (bicyclic) bond motifs is 1. The van der Waals surface area contributed by atoms with Crippen molar-refractivity contribution in [2.45, 2.75) is 48.1 Å². The predicted molar refractivity (Wildman–Crippen MR) is 82.9 cm³/mol. The minimum atomic E-state index is 0.355. The third-order valence-corrected chi connectivity index (χ3v) is 4.86. The van der Waals surface area contributed by atoms with E-state index in [-0.39, 0.29) is 0 Å². The summed E-state index contributed by atoms with van der Waals surface area (Å²) in [5.74, 6) is 0.653. The summed E-state index contributed by atoms with van der Waals surface area (Å²) in [5.41, 5.74) is 2.79. The van der Waals surface area contributed by atoms with E-state index in [0.717, 1.165) is 23.7 Å². The first-order chi connectivity index (χ1) is 8.79. The predicted octanol–water partition coefficient (Wildman–Crippen LogP) is 3.78. The van der Waals surface area contributed by atoms with Crippen molar-refractivity contribution in [1.82, 2.24) is 14.7 Å². The largest absolute Gasteiger partial charge is 0.311 e. The van der Waals surface area contributed by atoms with E-state index in [2.05, 4.69) is 62.4 Å². The summed E-state index contributed by atoms with van der Waals surface area (Å²) in [6.07, 6.45) is 2.18. The van der Waals surface area contributed by atoms with Gasteiger partial charge in [-0.05, 0) is 31.7 Å². The molecule has 0 radical (unpaired) electrons. The Hall–Kier alpha value is -0.870. The first kappa shape index (κ1) is 14.5. The number of hydrogen-bond acceptors (Lipinski definition) is 3. The number of nitrogens with zero attached hydrogens (tertiary/aromatic N) is 2. The van der Waals surface area contributed by atoms with Gasteiger partial charge in [-0.3, -0.25) is 4.40 Å². The van der Waals surface area contributed by atoms with Gasteiger partial charge in [-0.1, -0.05) is 27.7 Å². The fourth-order valence-electron chi connectivity index (χ4n) is 2.04. The van der Waals surface area contributed by atoms with Crippen LogP contribution in [0, 0.1) is 25.2 Å². The number of rotatable bonds is 4. The lowest BCUT2D eigenvalue weighted by Gasteiger charge is -2.27. The van der Waals surface area contributed by atoms with Gasteiger partial charge in [0.15, 0.2) is 4.96 Å². The summed E-state index contributed by atoms with van der Waals surface area (Å²) in [5, 5.41) is 3.58. The van der Waals surface area contributed by atoms with Crippen LogP contribution in [0.25, 0.3) is 4.96 Å². The van der Waals surface area contributed by atoms with Crippen LogP contribution in [-0.4, -0.2) is 15.9 Å². The Kier molecular flexibility index (Phi) is 4.02. The molecule has 0 amide bonds. The standard InChI is InChI=1S/C15H25N3S/c1-10(15(4,5)6)7-16-8-13-12(3)17-14-18(13)9-11(2)19-14/h9-10,16H,7-8H2,1-6H3.